The van der Waals surface area contributed by atoms with Gasteiger partial charge in [0.25, 0.3) is 0 Å². The molecule has 2 aliphatic carbocycles. The number of allylic oxidation sites excluding steroid dienone is 1. The predicted octanol–water partition coefficient (Wildman–Crippen LogP) is 3.72. The molecule has 1 aromatic carbocycles. The summed E-state index contributed by atoms with van der Waals surface area (Å²) in [6, 6.07) is 6.51. The second-order valence-corrected chi connectivity index (χ2v) is 7.03. The number of rotatable bonds is 2. The van der Waals surface area contributed by atoms with E-state index in [0.717, 1.165) is 30.8 Å². The first-order valence-corrected chi connectivity index (χ1v) is 8.36. The Labute approximate surface area is 136 Å². The first-order valence-electron chi connectivity index (χ1n) is 8.36. The van der Waals surface area contributed by atoms with Crippen molar-refractivity contribution in [1.82, 2.24) is 9.78 Å². The Balaban J connectivity index is 1.79. The molecule has 2 aromatic rings. The second kappa shape index (κ2) is 5.31. The summed E-state index contributed by atoms with van der Waals surface area (Å²) >= 11 is 0. The largest absolute Gasteiger partial charge is 0.330 e. The molecule has 3 nitrogen and oxygen atoms in total. The van der Waals surface area contributed by atoms with E-state index in [1.165, 1.54) is 36.1 Å². The molecule has 23 heavy (non-hydrogen) atoms. The summed E-state index contributed by atoms with van der Waals surface area (Å²) in [7, 11) is 0. The predicted molar refractivity (Wildman–Crippen MR) is 89.7 cm³/mol. The van der Waals surface area contributed by atoms with Gasteiger partial charge in [0.2, 0.25) is 0 Å². The smallest absolute Gasteiger partial charge is 0.123 e. The first kappa shape index (κ1) is 14.6. The van der Waals surface area contributed by atoms with E-state index < -0.39 is 0 Å². The van der Waals surface area contributed by atoms with E-state index in [-0.39, 0.29) is 11.2 Å². The molecule has 0 bridgehead atoms. The van der Waals surface area contributed by atoms with Gasteiger partial charge in [-0.2, -0.15) is 5.10 Å². The average molecular weight is 311 g/mol. The first-order chi connectivity index (χ1) is 11.1. The molecular weight excluding hydrogens is 289 g/mol. The van der Waals surface area contributed by atoms with Crippen LogP contribution >= 0.6 is 0 Å². The minimum atomic E-state index is -0.223. The monoisotopic (exact) mass is 311 g/mol. The molecule has 1 aromatic heterocycles. The summed E-state index contributed by atoms with van der Waals surface area (Å²) in [5, 5.41) is 4.56. The third-order valence-corrected chi connectivity index (χ3v) is 5.74. The van der Waals surface area contributed by atoms with E-state index in [1.807, 2.05) is 10.9 Å². The molecular formula is C19H22FN3. The van der Waals surface area contributed by atoms with Gasteiger partial charge < -0.3 is 5.73 Å². The molecule has 0 radical (unpaired) electrons. The molecule has 0 amide bonds. The van der Waals surface area contributed by atoms with E-state index in [9.17, 15) is 4.39 Å². The van der Waals surface area contributed by atoms with Crippen LogP contribution in [-0.2, 0) is 6.42 Å². The van der Waals surface area contributed by atoms with Crippen molar-refractivity contribution in [3.8, 4) is 5.69 Å². The maximum absolute atomic E-state index is 13.2. The summed E-state index contributed by atoms with van der Waals surface area (Å²) in [6.45, 7) is 3.10. The van der Waals surface area contributed by atoms with Crippen LogP contribution in [0.2, 0.25) is 0 Å². The zero-order valence-corrected chi connectivity index (χ0v) is 13.4. The normalized spacial score (nSPS) is 26.4. The van der Waals surface area contributed by atoms with Crippen molar-refractivity contribution in [2.24, 2.45) is 17.1 Å². The quantitative estimate of drug-likeness (QED) is 0.918. The molecule has 0 spiro atoms. The van der Waals surface area contributed by atoms with Gasteiger partial charge in [-0.25, -0.2) is 9.07 Å². The third-order valence-electron chi connectivity index (χ3n) is 5.74. The highest BCUT2D eigenvalue weighted by Gasteiger charge is 2.42. The number of halogens is 1. The fourth-order valence-electron chi connectivity index (χ4n) is 4.31. The van der Waals surface area contributed by atoms with Gasteiger partial charge in [0.15, 0.2) is 0 Å². The van der Waals surface area contributed by atoms with Gasteiger partial charge in [0.1, 0.15) is 5.82 Å². The Kier molecular flexibility index (Phi) is 3.38. The van der Waals surface area contributed by atoms with Gasteiger partial charge >= 0.3 is 0 Å². The second-order valence-electron chi connectivity index (χ2n) is 7.03. The minimum Gasteiger partial charge on any atom is -0.330 e. The Bertz CT molecular complexity index is 759. The molecule has 2 unspecified atom stereocenters. The number of fused-ring (bicyclic) bond motifs is 2. The van der Waals surface area contributed by atoms with Crippen LogP contribution < -0.4 is 5.73 Å². The van der Waals surface area contributed by atoms with E-state index >= 15 is 0 Å². The van der Waals surface area contributed by atoms with Crippen LogP contribution in [0.15, 0.2) is 36.0 Å². The Morgan fingerprint density at radius 1 is 1.35 bits per heavy atom. The lowest BCUT2D eigenvalue weighted by atomic mass is 9.60. The van der Waals surface area contributed by atoms with Crippen molar-refractivity contribution in [2.75, 3.05) is 6.54 Å². The van der Waals surface area contributed by atoms with Crippen LogP contribution in [0.3, 0.4) is 0 Å². The lowest BCUT2D eigenvalue weighted by Crippen LogP contribution is -2.40. The van der Waals surface area contributed by atoms with Gasteiger partial charge in [0.05, 0.1) is 17.6 Å². The zero-order valence-electron chi connectivity index (χ0n) is 13.4. The molecule has 0 saturated heterocycles. The third kappa shape index (κ3) is 2.24. The molecule has 1 saturated carbocycles. The molecule has 0 aliphatic heterocycles. The number of benzene rings is 1. The standard InChI is InChI=1S/C19H22FN3/c1-19-10-13-12-22-23(17-7-5-16(20)6-8-17)18(13)9-14(19)3-2-4-15(19)11-21/h5-9,12,15H,2-4,10-11,21H2,1H3. The lowest BCUT2D eigenvalue weighted by Gasteiger charge is -2.45. The highest BCUT2D eigenvalue weighted by Crippen LogP contribution is 2.50. The summed E-state index contributed by atoms with van der Waals surface area (Å²) < 4.78 is 15.1. The molecule has 4 rings (SSSR count). The summed E-state index contributed by atoms with van der Waals surface area (Å²) in [5.41, 5.74) is 11.0. The van der Waals surface area contributed by atoms with Crippen LogP contribution in [0.4, 0.5) is 4.39 Å². The van der Waals surface area contributed by atoms with Crippen LogP contribution in [0.1, 0.15) is 37.4 Å². The van der Waals surface area contributed by atoms with E-state index in [4.69, 9.17) is 5.73 Å². The van der Waals surface area contributed by atoms with Crippen LogP contribution in [0.25, 0.3) is 11.8 Å². The molecule has 2 aliphatic rings. The topological polar surface area (TPSA) is 43.8 Å². The molecule has 2 atom stereocenters. The molecule has 120 valence electrons. The minimum absolute atomic E-state index is 0.163. The number of aromatic nitrogens is 2. The van der Waals surface area contributed by atoms with Crippen molar-refractivity contribution in [2.45, 2.75) is 32.6 Å². The highest BCUT2D eigenvalue weighted by molar-refractivity contribution is 5.61. The van der Waals surface area contributed by atoms with Crippen molar-refractivity contribution in [3.63, 3.8) is 0 Å². The van der Waals surface area contributed by atoms with E-state index in [2.05, 4.69) is 18.1 Å². The van der Waals surface area contributed by atoms with Gasteiger partial charge in [-0.3, -0.25) is 0 Å². The molecule has 1 heterocycles. The Morgan fingerprint density at radius 3 is 2.87 bits per heavy atom. The zero-order chi connectivity index (χ0) is 16.0. The van der Waals surface area contributed by atoms with Gasteiger partial charge in [-0.15, -0.1) is 0 Å². The van der Waals surface area contributed by atoms with Crippen molar-refractivity contribution in [3.05, 3.63) is 53.1 Å². The van der Waals surface area contributed by atoms with Crippen LogP contribution in [-0.4, -0.2) is 16.3 Å². The van der Waals surface area contributed by atoms with E-state index in [0.29, 0.717) is 5.92 Å². The number of hydrogen-bond acceptors (Lipinski definition) is 2. The van der Waals surface area contributed by atoms with E-state index in [1.54, 1.807) is 12.1 Å². The lowest BCUT2D eigenvalue weighted by molar-refractivity contribution is 0.188. The van der Waals surface area contributed by atoms with Gasteiger partial charge in [-0.05, 0) is 79.5 Å². The van der Waals surface area contributed by atoms with Crippen molar-refractivity contribution in [1.29, 1.82) is 0 Å². The molecule has 4 heteroatoms. The molecule has 2 N–H and O–H groups in total. The fourth-order valence-corrected chi connectivity index (χ4v) is 4.31. The summed E-state index contributed by atoms with van der Waals surface area (Å²) in [4.78, 5) is 0. The van der Waals surface area contributed by atoms with Gasteiger partial charge in [-0.1, -0.05) is 12.5 Å². The number of nitrogens with zero attached hydrogens (tertiary/aromatic N) is 2. The Hall–Kier alpha value is -1.94. The van der Waals surface area contributed by atoms with Crippen molar-refractivity contribution >= 4 is 6.08 Å². The number of nitrogens with two attached hydrogens (primary N) is 1. The summed E-state index contributed by atoms with van der Waals surface area (Å²) in [5.74, 6) is 0.323. The maximum atomic E-state index is 13.2. The SMILES string of the molecule is CC12Cc3cnn(-c4ccc(F)cc4)c3C=C1CCCC2CN. The summed E-state index contributed by atoms with van der Waals surface area (Å²) in [6.07, 6.45) is 8.82. The van der Waals surface area contributed by atoms with Crippen LogP contribution in [0.5, 0.6) is 0 Å². The fraction of sp³-hybridized carbons (Fsp3) is 0.421. The van der Waals surface area contributed by atoms with Crippen molar-refractivity contribution < 1.29 is 4.39 Å². The highest BCUT2D eigenvalue weighted by atomic mass is 19.1. The van der Waals surface area contributed by atoms with Gasteiger partial charge in [0, 0.05) is 0 Å². The molecule has 1 fully saturated rings. The van der Waals surface area contributed by atoms with Crippen LogP contribution in [0, 0.1) is 17.2 Å². The Morgan fingerprint density at radius 2 is 2.13 bits per heavy atom. The number of hydrogen-bond donors (Lipinski definition) is 1. The maximum Gasteiger partial charge on any atom is 0.123 e. The average Bonchev–Trinajstić information content (AvgIpc) is 2.94.